The number of hydrogen-bond acceptors (Lipinski definition) is 2. The van der Waals surface area contributed by atoms with E-state index in [1.54, 1.807) is 14.2 Å². The van der Waals surface area contributed by atoms with Crippen LogP contribution >= 0.6 is 22.6 Å². The van der Waals surface area contributed by atoms with Crippen LogP contribution in [-0.2, 0) is 0 Å². The molecule has 0 heterocycles. The summed E-state index contributed by atoms with van der Waals surface area (Å²) in [6, 6.07) is 3.94. The van der Waals surface area contributed by atoms with Gasteiger partial charge in [-0.15, -0.1) is 0 Å². The summed E-state index contributed by atoms with van der Waals surface area (Å²) in [4.78, 5) is 0. The van der Waals surface area contributed by atoms with Crippen molar-refractivity contribution in [3.8, 4) is 11.5 Å². The minimum Gasteiger partial charge on any atom is -0.496 e. The SMILES string of the molecule is COc1cc(I)c(OC)cc1C. The number of methoxy groups -OCH3 is 2. The third-order valence-electron chi connectivity index (χ3n) is 1.67. The number of hydrogen-bond donors (Lipinski definition) is 0. The first-order valence-electron chi connectivity index (χ1n) is 3.57. The fourth-order valence-electron chi connectivity index (χ4n) is 1.01. The van der Waals surface area contributed by atoms with Crippen LogP contribution in [0.2, 0.25) is 0 Å². The number of ether oxygens (including phenoxy) is 2. The van der Waals surface area contributed by atoms with Gasteiger partial charge in [-0.2, -0.15) is 0 Å². The quantitative estimate of drug-likeness (QED) is 0.774. The topological polar surface area (TPSA) is 18.5 Å². The van der Waals surface area contributed by atoms with Crippen LogP contribution in [0.25, 0.3) is 0 Å². The van der Waals surface area contributed by atoms with E-state index in [4.69, 9.17) is 9.47 Å². The van der Waals surface area contributed by atoms with Gasteiger partial charge in [-0.1, -0.05) is 0 Å². The molecule has 1 rings (SSSR count). The van der Waals surface area contributed by atoms with Crippen LogP contribution in [0.15, 0.2) is 12.1 Å². The Morgan fingerprint density at radius 3 is 2.17 bits per heavy atom. The molecule has 0 aliphatic rings. The molecule has 1 aromatic carbocycles. The minimum atomic E-state index is 0.897. The normalized spacial score (nSPS) is 9.67. The van der Waals surface area contributed by atoms with Crippen molar-refractivity contribution in [1.82, 2.24) is 0 Å². The van der Waals surface area contributed by atoms with Gasteiger partial charge >= 0.3 is 0 Å². The Labute approximate surface area is 86.0 Å². The largest absolute Gasteiger partial charge is 0.496 e. The smallest absolute Gasteiger partial charge is 0.132 e. The van der Waals surface area contributed by atoms with E-state index in [1.165, 1.54) is 0 Å². The van der Waals surface area contributed by atoms with Gasteiger partial charge in [0.15, 0.2) is 0 Å². The van der Waals surface area contributed by atoms with E-state index in [0.717, 1.165) is 20.6 Å². The molecule has 0 amide bonds. The van der Waals surface area contributed by atoms with Crippen LogP contribution < -0.4 is 9.47 Å². The van der Waals surface area contributed by atoms with Gasteiger partial charge in [0, 0.05) is 0 Å². The summed E-state index contributed by atoms with van der Waals surface area (Å²) in [5.74, 6) is 1.80. The monoisotopic (exact) mass is 278 g/mol. The predicted molar refractivity (Wildman–Crippen MR) is 57.0 cm³/mol. The Bertz CT molecular complexity index is 254. The van der Waals surface area contributed by atoms with Gasteiger partial charge in [0.2, 0.25) is 0 Å². The van der Waals surface area contributed by atoms with Crippen molar-refractivity contribution in [3.63, 3.8) is 0 Å². The van der Waals surface area contributed by atoms with E-state index in [1.807, 2.05) is 19.1 Å². The van der Waals surface area contributed by atoms with E-state index < -0.39 is 0 Å². The van der Waals surface area contributed by atoms with Crippen LogP contribution in [-0.4, -0.2) is 14.2 Å². The summed E-state index contributed by atoms with van der Waals surface area (Å²) in [6.07, 6.45) is 0. The highest BCUT2D eigenvalue weighted by atomic mass is 127. The second-order valence-electron chi connectivity index (χ2n) is 2.46. The van der Waals surface area contributed by atoms with Gasteiger partial charge in [-0.25, -0.2) is 0 Å². The first-order chi connectivity index (χ1) is 5.69. The van der Waals surface area contributed by atoms with Gasteiger partial charge in [0.1, 0.15) is 11.5 Å². The number of aryl methyl sites for hydroxylation is 1. The maximum atomic E-state index is 5.16. The predicted octanol–water partition coefficient (Wildman–Crippen LogP) is 2.62. The third-order valence-corrected chi connectivity index (χ3v) is 2.51. The molecule has 0 saturated heterocycles. The Kier molecular flexibility index (Phi) is 3.20. The molecule has 0 saturated carbocycles. The van der Waals surface area contributed by atoms with E-state index in [2.05, 4.69) is 22.6 Å². The lowest BCUT2D eigenvalue weighted by Gasteiger charge is -2.08. The molecule has 66 valence electrons. The van der Waals surface area contributed by atoms with Crippen LogP contribution in [0.1, 0.15) is 5.56 Å². The molecule has 0 aliphatic carbocycles. The molecule has 0 atom stereocenters. The first kappa shape index (κ1) is 9.64. The Morgan fingerprint density at radius 2 is 1.67 bits per heavy atom. The van der Waals surface area contributed by atoms with Gasteiger partial charge in [0.05, 0.1) is 17.8 Å². The van der Waals surface area contributed by atoms with Gasteiger partial charge < -0.3 is 9.47 Å². The Morgan fingerprint density at radius 1 is 1.08 bits per heavy atom. The molecular formula is C9H11IO2. The molecule has 12 heavy (non-hydrogen) atoms. The molecular weight excluding hydrogens is 267 g/mol. The summed E-state index contributed by atoms with van der Waals surface area (Å²) in [7, 11) is 3.34. The fraction of sp³-hybridized carbons (Fsp3) is 0.333. The van der Waals surface area contributed by atoms with Crippen LogP contribution in [0.4, 0.5) is 0 Å². The van der Waals surface area contributed by atoms with E-state index in [9.17, 15) is 0 Å². The van der Waals surface area contributed by atoms with Crippen molar-refractivity contribution in [3.05, 3.63) is 21.3 Å². The van der Waals surface area contributed by atoms with Crippen molar-refractivity contribution in [2.45, 2.75) is 6.92 Å². The first-order valence-corrected chi connectivity index (χ1v) is 4.65. The van der Waals surface area contributed by atoms with Gasteiger partial charge in [-0.05, 0) is 47.2 Å². The summed E-state index contributed by atoms with van der Waals surface area (Å²) in [5, 5.41) is 0. The summed E-state index contributed by atoms with van der Waals surface area (Å²) in [5.41, 5.74) is 1.09. The Balaban J connectivity index is 3.16. The Hall–Kier alpha value is -0.450. The molecule has 0 bridgehead atoms. The summed E-state index contributed by atoms with van der Waals surface area (Å²) in [6.45, 7) is 2.00. The van der Waals surface area contributed by atoms with Crippen LogP contribution in [0, 0.1) is 10.5 Å². The van der Waals surface area contributed by atoms with Crippen molar-refractivity contribution >= 4 is 22.6 Å². The highest BCUT2D eigenvalue weighted by Crippen LogP contribution is 2.28. The maximum absolute atomic E-state index is 5.16. The zero-order chi connectivity index (χ0) is 9.14. The highest BCUT2D eigenvalue weighted by Gasteiger charge is 2.04. The molecule has 2 nitrogen and oxygen atoms in total. The second-order valence-corrected chi connectivity index (χ2v) is 3.62. The average Bonchev–Trinajstić information content (AvgIpc) is 2.08. The number of halogens is 1. The molecule has 0 radical (unpaired) electrons. The molecule has 0 fully saturated rings. The van der Waals surface area contributed by atoms with E-state index >= 15 is 0 Å². The summed E-state index contributed by atoms with van der Waals surface area (Å²) >= 11 is 2.22. The standard InChI is InChI=1S/C9H11IO2/c1-6-4-9(12-3)7(10)5-8(6)11-2/h4-5H,1-3H3. The number of benzene rings is 1. The molecule has 1 aromatic rings. The molecule has 0 aromatic heterocycles. The van der Waals surface area contributed by atoms with Crippen molar-refractivity contribution in [1.29, 1.82) is 0 Å². The van der Waals surface area contributed by atoms with Crippen molar-refractivity contribution in [2.75, 3.05) is 14.2 Å². The zero-order valence-electron chi connectivity index (χ0n) is 7.35. The molecule has 0 spiro atoms. The fourth-order valence-corrected chi connectivity index (χ4v) is 1.67. The van der Waals surface area contributed by atoms with E-state index in [0.29, 0.717) is 0 Å². The lowest BCUT2D eigenvalue weighted by atomic mass is 10.2. The van der Waals surface area contributed by atoms with Crippen molar-refractivity contribution in [2.24, 2.45) is 0 Å². The lowest BCUT2D eigenvalue weighted by Crippen LogP contribution is -1.92. The van der Waals surface area contributed by atoms with Gasteiger partial charge in [0.25, 0.3) is 0 Å². The minimum absolute atomic E-state index is 0.897. The molecule has 3 heteroatoms. The molecule has 0 unspecified atom stereocenters. The van der Waals surface area contributed by atoms with E-state index in [-0.39, 0.29) is 0 Å². The molecule has 0 N–H and O–H groups in total. The molecule has 0 aliphatic heterocycles. The average molecular weight is 278 g/mol. The lowest BCUT2D eigenvalue weighted by molar-refractivity contribution is 0.398. The third kappa shape index (κ3) is 1.83. The zero-order valence-corrected chi connectivity index (χ0v) is 9.51. The highest BCUT2D eigenvalue weighted by molar-refractivity contribution is 14.1. The number of rotatable bonds is 2. The second kappa shape index (κ2) is 3.98. The van der Waals surface area contributed by atoms with Crippen LogP contribution in [0.3, 0.4) is 0 Å². The summed E-state index contributed by atoms with van der Waals surface area (Å²) < 4.78 is 11.4. The van der Waals surface area contributed by atoms with Crippen molar-refractivity contribution < 1.29 is 9.47 Å². The van der Waals surface area contributed by atoms with Gasteiger partial charge in [-0.3, -0.25) is 0 Å². The van der Waals surface area contributed by atoms with Crippen LogP contribution in [0.5, 0.6) is 11.5 Å². The maximum Gasteiger partial charge on any atom is 0.132 e.